The van der Waals surface area contributed by atoms with Crippen molar-refractivity contribution in [2.75, 3.05) is 26.2 Å². The molecule has 3 saturated heterocycles. The average Bonchev–Trinajstić information content (AvgIpc) is 3.41. The van der Waals surface area contributed by atoms with Gasteiger partial charge in [-0.05, 0) is 59.9 Å². The minimum atomic E-state index is -1.37. The van der Waals surface area contributed by atoms with Crippen molar-refractivity contribution in [3.05, 3.63) is 36.4 Å². The van der Waals surface area contributed by atoms with Crippen LogP contribution in [0.1, 0.15) is 60.1 Å². The molecule has 0 saturated carbocycles. The first-order valence-corrected chi connectivity index (χ1v) is 14.1. The van der Waals surface area contributed by atoms with Crippen molar-refractivity contribution >= 4 is 28.7 Å². The van der Waals surface area contributed by atoms with Gasteiger partial charge in [0.1, 0.15) is 28.8 Å². The Morgan fingerprint density at radius 1 is 1.23 bits per heavy atom. The summed E-state index contributed by atoms with van der Waals surface area (Å²) in [5, 5.41) is 11.7. The van der Waals surface area contributed by atoms with Gasteiger partial charge < -0.3 is 28.8 Å². The second-order valence-electron chi connectivity index (χ2n) is 12.4. The molecule has 3 fully saturated rings. The number of ether oxygens (including phenoxy) is 3. The summed E-state index contributed by atoms with van der Waals surface area (Å²) < 4.78 is 20.4. The van der Waals surface area contributed by atoms with Gasteiger partial charge in [0.05, 0.1) is 11.5 Å². The van der Waals surface area contributed by atoms with Gasteiger partial charge in [0.2, 0.25) is 0 Å². The van der Waals surface area contributed by atoms with Crippen LogP contribution in [-0.4, -0.2) is 90.8 Å². The van der Waals surface area contributed by atoms with Gasteiger partial charge in [-0.3, -0.25) is 4.90 Å². The van der Waals surface area contributed by atoms with E-state index in [-0.39, 0.29) is 23.7 Å². The van der Waals surface area contributed by atoms with Gasteiger partial charge in [-0.25, -0.2) is 14.8 Å². The number of rotatable bonds is 6. The van der Waals surface area contributed by atoms with E-state index in [4.69, 9.17) is 25.8 Å². The van der Waals surface area contributed by atoms with Crippen LogP contribution in [0.2, 0.25) is 5.15 Å². The van der Waals surface area contributed by atoms with Gasteiger partial charge in [-0.15, -0.1) is 6.58 Å². The number of hydrogen-bond acceptors (Lipinski definition) is 8. The molecule has 11 heteroatoms. The lowest BCUT2D eigenvalue weighted by molar-refractivity contribution is -0.226. The lowest BCUT2D eigenvalue weighted by Gasteiger charge is -2.57. The molecule has 4 atom stereocenters. The summed E-state index contributed by atoms with van der Waals surface area (Å²) >= 11 is 6.31. The van der Waals surface area contributed by atoms with Crippen LogP contribution in [0.4, 0.5) is 4.79 Å². The number of carbonyl (C=O) groups is 1. The van der Waals surface area contributed by atoms with Gasteiger partial charge >= 0.3 is 6.09 Å². The van der Waals surface area contributed by atoms with Crippen molar-refractivity contribution < 1.29 is 24.1 Å². The third-order valence-electron chi connectivity index (χ3n) is 8.10. The number of hydrogen-bond donors (Lipinski definition) is 1. The first kappa shape index (κ1) is 28.3. The van der Waals surface area contributed by atoms with E-state index in [1.807, 2.05) is 48.6 Å². The second kappa shape index (κ2) is 10.3. The zero-order valence-electron chi connectivity index (χ0n) is 23.5. The maximum atomic E-state index is 12.6. The molecule has 39 heavy (non-hydrogen) atoms. The van der Waals surface area contributed by atoms with E-state index in [1.54, 1.807) is 13.8 Å². The number of fused-ring (bicyclic) bond motifs is 1. The van der Waals surface area contributed by atoms with E-state index < -0.39 is 23.7 Å². The molecule has 0 bridgehead atoms. The molecule has 10 nitrogen and oxygen atoms in total. The number of aliphatic hydroxyl groups is 1. The van der Waals surface area contributed by atoms with Crippen molar-refractivity contribution in [2.45, 2.75) is 89.2 Å². The lowest BCUT2D eigenvalue weighted by atomic mass is 9.76. The number of halogens is 1. The van der Waals surface area contributed by atoms with Crippen LogP contribution in [0.3, 0.4) is 0 Å². The van der Waals surface area contributed by atoms with Crippen molar-refractivity contribution in [1.29, 1.82) is 0 Å². The zero-order chi connectivity index (χ0) is 28.2. The number of piperidine rings is 1. The highest BCUT2D eigenvalue weighted by atomic mass is 35.5. The highest BCUT2D eigenvalue weighted by Crippen LogP contribution is 2.45. The Balaban J connectivity index is 1.33. The Bertz CT molecular complexity index is 1210. The summed E-state index contributed by atoms with van der Waals surface area (Å²) in [7, 11) is 0. The standard InChI is InChI=1S/C28H40ClN5O5/c1-7-18-20(16-33-15-11-28(33)9-13-32(14-10-28)25(35)39-26(2,3)4)37-24(21(18)38-27(5,6)36)34-12-8-19-22(29)30-17-31-23(19)34/h7-8,12,17-18,20-21,24,36H,1,9-11,13-16H2,2-6H3/t18-,20-,21-,24-/m1/s1. The molecule has 3 aliphatic heterocycles. The zero-order valence-corrected chi connectivity index (χ0v) is 24.2. The molecule has 2 aromatic heterocycles. The van der Waals surface area contributed by atoms with Gasteiger partial charge in [-0.1, -0.05) is 17.7 Å². The van der Waals surface area contributed by atoms with E-state index in [9.17, 15) is 9.90 Å². The summed E-state index contributed by atoms with van der Waals surface area (Å²) in [6.45, 7) is 16.0. The molecule has 0 radical (unpaired) electrons. The fourth-order valence-electron chi connectivity index (χ4n) is 6.13. The Morgan fingerprint density at radius 3 is 2.51 bits per heavy atom. The molecule has 1 spiro atoms. The van der Waals surface area contributed by atoms with E-state index in [2.05, 4.69) is 21.4 Å². The Hall–Kier alpha value is -2.24. The Labute approximate surface area is 234 Å². The molecule has 0 aromatic carbocycles. The molecular weight excluding hydrogens is 522 g/mol. The summed E-state index contributed by atoms with van der Waals surface area (Å²) in [5.74, 6) is -1.54. The number of amides is 1. The molecule has 1 N–H and O–H groups in total. The summed E-state index contributed by atoms with van der Waals surface area (Å²) in [4.78, 5) is 25.4. The summed E-state index contributed by atoms with van der Waals surface area (Å²) in [5.41, 5.74) is 0.177. The molecule has 3 aliphatic rings. The van der Waals surface area contributed by atoms with Crippen molar-refractivity contribution in [3.8, 4) is 0 Å². The first-order valence-electron chi connectivity index (χ1n) is 13.7. The molecule has 5 rings (SSSR count). The molecule has 2 aromatic rings. The van der Waals surface area contributed by atoms with Crippen LogP contribution in [-0.2, 0) is 14.2 Å². The fourth-order valence-corrected chi connectivity index (χ4v) is 6.32. The van der Waals surface area contributed by atoms with Crippen molar-refractivity contribution in [3.63, 3.8) is 0 Å². The smallest absolute Gasteiger partial charge is 0.410 e. The highest BCUT2D eigenvalue weighted by Gasteiger charge is 2.52. The molecule has 1 amide bonds. The normalized spacial score (nSPS) is 27.6. The average molecular weight is 562 g/mol. The van der Waals surface area contributed by atoms with Crippen LogP contribution < -0.4 is 0 Å². The fraction of sp³-hybridized carbons (Fsp3) is 0.679. The first-order chi connectivity index (χ1) is 18.3. The van der Waals surface area contributed by atoms with Crippen LogP contribution in [0, 0.1) is 5.92 Å². The predicted octanol–water partition coefficient (Wildman–Crippen LogP) is 4.37. The number of likely N-dealkylation sites (tertiary alicyclic amines) is 2. The summed E-state index contributed by atoms with van der Waals surface area (Å²) in [6, 6.07) is 1.86. The quantitative estimate of drug-likeness (QED) is 0.315. The van der Waals surface area contributed by atoms with Crippen molar-refractivity contribution in [2.24, 2.45) is 5.92 Å². The summed E-state index contributed by atoms with van der Waals surface area (Å²) in [6.07, 6.45) is 6.54. The lowest BCUT2D eigenvalue weighted by Crippen LogP contribution is -2.66. The molecule has 0 unspecified atom stereocenters. The van der Waals surface area contributed by atoms with Gasteiger partial charge in [-0.2, -0.15) is 0 Å². The minimum Gasteiger partial charge on any atom is -0.444 e. The minimum absolute atomic E-state index is 0.0409. The number of aromatic nitrogens is 3. The van der Waals surface area contributed by atoms with E-state index >= 15 is 0 Å². The predicted molar refractivity (Wildman–Crippen MR) is 147 cm³/mol. The van der Waals surface area contributed by atoms with Crippen LogP contribution in [0.5, 0.6) is 0 Å². The molecule has 5 heterocycles. The topological polar surface area (TPSA) is 102 Å². The SMILES string of the molecule is C=C[C@H]1[C@@H](OC(C)(C)O)[C@H](n2ccc3c(Cl)ncnc32)O[C@@H]1CN1CCC12CCN(C(=O)OC(C)(C)C)CC2. The van der Waals surface area contributed by atoms with Gasteiger partial charge in [0.25, 0.3) is 0 Å². The number of nitrogens with zero attached hydrogens (tertiary/aromatic N) is 5. The molecule has 0 aliphatic carbocycles. The third kappa shape index (κ3) is 5.67. The van der Waals surface area contributed by atoms with E-state index in [1.165, 1.54) is 6.33 Å². The number of carbonyl (C=O) groups excluding carboxylic acids is 1. The van der Waals surface area contributed by atoms with Gasteiger partial charge in [0.15, 0.2) is 12.0 Å². The maximum absolute atomic E-state index is 12.6. The Morgan fingerprint density at radius 2 is 1.92 bits per heavy atom. The van der Waals surface area contributed by atoms with Gasteiger partial charge in [0, 0.05) is 43.8 Å². The van der Waals surface area contributed by atoms with E-state index in [0.717, 1.165) is 31.2 Å². The van der Waals surface area contributed by atoms with Crippen LogP contribution in [0.15, 0.2) is 31.2 Å². The maximum Gasteiger partial charge on any atom is 0.410 e. The third-order valence-corrected chi connectivity index (χ3v) is 8.40. The van der Waals surface area contributed by atoms with Crippen LogP contribution >= 0.6 is 11.6 Å². The Kier molecular flexibility index (Phi) is 7.47. The molecule has 214 valence electrons. The van der Waals surface area contributed by atoms with E-state index in [0.29, 0.717) is 30.4 Å². The molecular formula is C28H40ClN5O5. The monoisotopic (exact) mass is 561 g/mol. The second-order valence-corrected chi connectivity index (χ2v) is 12.8. The highest BCUT2D eigenvalue weighted by molar-refractivity contribution is 6.33. The van der Waals surface area contributed by atoms with Crippen LogP contribution in [0.25, 0.3) is 11.0 Å². The largest absolute Gasteiger partial charge is 0.444 e. The van der Waals surface area contributed by atoms with Crippen molar-refractivity contribution in [1.82, 2.24) is 24.3 Å².